The highest BCUT2D eigenvalue weighted by atomic mass is 16.7. The predicted octanol–water partition coefficient (Wildman–Crippen LogP) is 3.75. The van der Waals surface area contributed by atoms with Crippen molar-refractivity contribution in [1.82, 2.24) is 0 Å². The van der Waals surface area contributed by atoms with E-state index < -0.39 is 5.97 Å². The molecule has 0 radical (unpaired) electrons. The number of unbranched alkanes of at least 4 members (excludes halogenated alkanes) is 1. The van der Waals surface area contributed by atoms with Gasteiger partial charge in [0.05, 0.1) is 11.7 Å². The summed E-state index contributed by atoms with van der Waals surface area (Å²) in [5, 5.41) is 8.68. The van der Waals surface area contributed by atoms with Gasteiger partial charge in [0.15, 0.2) is 6.29 Å². The molecule has 1 fully saturated rings. The lowest BCUT2D eigenvalue weighted by atomic mass is 9.79. The first-order valence-electron chi connectivity index (χ1n) is 9.61. The molecule has 0 spiro atoms. The van der Waals surface area contributed by atoms with Crippen molar-refractivity contribution in [3.8, 4) is 0 Å². The standard InChI is InChI=1S/C21H30O6/c1-14-15(2)18(13-26-20(24)17-9-5-4-6-10-17)27-21(16(14)3)25-12-8-7-11-19(22)23/h4-6,9-10,14-16,18,21H,7-8,11-13H2,1-3H3,(H,22,23)/t14-,15-,16?,18?,21-/m0/s1. The second-order valence-corrected chi connectivity index (χ2v) is 7.31. The minimum atomic E-state index is -0.792. The van der Waals surface area contributed by atoms with E-state index in [0.29, 0.717) is 30.9 Å². The van der Waals surface area contributed by atoms with Gasteiger partial charge in [0.1, 0.15) is 6.61 Å². The van der Waals surface area contributed by atoms with Crippen molar-refractivity contribution < 1.29 is 28.9 Å². The number of carbonyl (C=O) groups is 2. The highest BCUT2D eigenvalue weighted by Crippen LogP contribution is 2.35. The molecule has 150 valence electrons. The zero-order valence-electron chi connectivity index (χ0n) is 16.3. The summed E-state index contributed by atoms with van der Waals surface area (Å²) in [6, 6.07) is 8.90. The molecule has 27 heavy (non-hydrogen) atoms. The summed E-state index contributed by atoms with van der Waals surface area (Å²) >= 11 is 0. The number of esters is 1. The Bertz CT molecular complexity index is 602. The summed E-state index contributed by atoms with van der Waals surface area (Å²) < 4.78 is 17.4. The number of ether oxygens (including phenoxy) is 3. The Kier molecular flexibility index (Phi) is 8.25. The second-order valence-electron chi connectivity index (χ2n) is 7.31. The molecular formula is C21H30O6. The summed E-state index contributed by atoms with van der Waals surface area (Å²) in [6.07, 6.45) is 0.807. The van der Waals surface area contributed by atoms with Gasteiger partial charge < -0.3 is 19.3 Å². The first kappa shape index (κ1) is 21.4. The molecule has 0 amide bonds. The van der Waals surface area contributed by atoms with E-state index in [9.17, 15) is 9.59 Å². The topological polar surface area (TPSA) is 82.1 Å². The average Bonchev–Trinajstić information content (AvgIpc) is 2.66. The zero-order chi connectivity index (χ0) is 19.8. The van der Waals surface area contributed by atoms with Crippen LogP contribution in [-0.4, -0.2) is 42.7 Å². The van der Waals surface area contributed by atoms with Gasteiger partial charge in [0, 0.05) is 18.9 Å². The number of hydrogen-bond donors (Lipinski definition) is 1. The number of benzene rings is 1. The molecule has 0 aliphatic carbocycles. The van der Waals surface area contributed by atoms with Crippen molar-refractivity contribution in [2.24, 2.45) is 17.8 Å². The van der Waals surface area contributed by atoms with E-state index in [1.165, 1.54) is 0 Å². The van der Waals surface area contributed by atoms with E-state index in [-0.39, 0.29) is 43.2 Å². The summed E-state index contributed by atoms with van der Waals surface area (Å²) in [5.41, 5.74) is 0.522. The number of aliphatic carboxylic acids is 1. The van der Waals surface area contributed by atoms with Crippen LogP contribution in [0, 0.1) is 17.8 Å². The van der Waals surface area contributed by atoms with E-state index in [1.54, 1.807) is 24.3 Å². The normalized spacial score (nSPS) is 27.9. The highest BCUT2D eigenvalue weighted by molar-refractivity contribution is 5.89. The molecule has 1 heterocycles. The molecule has 0 aromatic heterocycles. The van der Waals surface area contributed by atoms with Gasteiger partial charge >= 0.3 is 11.9 Å². The van der Waals surface area contributed by atoms with Gasteiger partial charge in [-0.2, -0.15) is 0 Å². The highest BCUT2D eigenvalue weighted by Gasteiger charge is 2.40. The quantitative estimate of drug-likeness (QED) is 0.521. The summed E-state index contributed by atoms with van der Waals surface area (Å²) in [4.78, 5) is 22.7. The first-order chi connectivity index (χ1) is 12.9. The Hall–Kier alpha value is -1.92. The third-order valence-corrected chi connectivity index (χ3v) is 5.44. The Morgan fingerprint density at radius 1 is 1.04 bits per heavy atom. The molecule has 2 unspecified atom stereocenters. The maximum absolute atomic E-state index is 12.2. The van der Waals surface area contributed by atoms with Gasteiger partial charge in [0.2, 0.25) is 0 Å². The molecular weight excluding hydrogens is 348 g/mol. The first-order valence-corrected chi connectivity index (χ1v) is 9.61. The van der Waals surface area contributed by atoms with Crippen LogP contribution in [0.1, 0.15) is 50.4 Å². The fourth-order valence-corrected chi connectivity index (χ4v) is 3.26. The molecule has 1 N–H and O–H groups in total. The minimum absolute atomic E-state index is 0.149. The molecule has 6 heteroatoms. The maximum Gasteiger partial charge on any atom is 0.338 e. The molecule has 1 aliphatic heterocycles. The monoisotopic (exact) mass is 378 g/mol. The Morgan fingerprint density at radius 2 is 1.74 bits per heavy atom. The Morgan fingerprint density at radius 3 is 2.41 bits per heavy atom. The molecule has 1 aromatic rings. The van der Waals surface area contributed by atoms with Crippen LogP contribution in [0.3, 0.4) is 0 Å². The average molecular weight is 378 g/mol. The smallest absolute Gasteiger partial charge is 0.338 e. The fourth-order valence-electron chi connectivity index (χ4n) is 3.26. The number of carboxylic acids is 1. The predicted molar refractivity (Wildman–Crippen MR) is 100 cm³/mol. The van der Waals surface area contributed by atoms with Crippen LogP contribution in [0.4, 0.5) is 0 Å². The van der Waals surface area contributed by atoms with Gasteiger partial charge in [-0.15, -0.1) is 0 Å². The Labute approximate surface area is 160 Å². The van der Waals surface area contributed by atoms with Crippen molar-refractivity contribution in [2.75, 3.05) is 13.2 Å². The van der Waals surface area contributed by atoms with Crippen LogP contribution in [0.5, 0.6) is 0 Å². The maximum atomic E-state index is 12.2. The van der Waals surface area contributed by atoms with Crippen molar-refractivity contribution >= 4 is 11.9 Å². The van der Waals surface area contributed by atoms with Crippen LogP contribution in [0.25, 0.3) is 0 Å². The van der Waals surface area contributed by atoms with E-state index in [4.69, 9.17) is 19.3 Å². The molecule has 1 aliphatic rings. The second kappa shape index (κ2) is 10.4. The lowest BCUT2D eigenvalue weighted by molar-refractivity contribution is -0.254. The van der Waals surface area contributed by atoms with E-state index in [0.717, 1.165) is 0 Å². The molecule has 1 saturated heterocycles. The third-order valence-electron chi connectivity index (χ3n) is 5.44. The lowest BCUT2D eigenvalue weighted by Crippen LogP contribution is -2.48. The van der Waals surface area contributed by atoms with Crippen LogP contribution >= 0.6 is 0 Å². The van der Waals surface area contributed by atoms with Gasteiger partial charge in [-0.1, -0.05) is 39.0 Å². The van der Waals surface area contributed by atoms with Gasteiger partial charge in [-0.3, -0.25) is 4.79 Å². The summed E-state index contributed by atoms with van der Waals surface area (Å²) in [6.45, 7) is 7.00. The van der Waals surface area contributed by atoms with Crippen molar-refractivity contribution in [3.05, 3.63) is 35.9 Å². The molecule has 0 bridgehead atoms. The zero-order valence-corrected chi connectivity index (χ0v) is 16.3. The largest absolute Gasteiger partial charge is 0.481 e. The summed E-state index contributed by atoms with van der Waals surface area (Å²) in [5.74, 6) is -0.358. The fraction of sp³-hybridized carbons (Fsp3) is 0.619. The van der Waals surface area contributed by atoms with Gasteiger partial charge in [-0.05, 0) is 36.8 Å². The van der Waals surface area contributed by atoms with Gasteiger partial charge in [0.25, 0.3) is 0 Å². The molecule has 2 rings (SSSR count). The molecule has 0 saturated carbocycles. The van der Waals surface area contributed by atoms with Crippen molar-refractivity contribution in [3.63, 3.8) is 0 Å². The molecule has 5 atom stereocenters. The van der Waals surface area contributed by atoms with Crippen LogP contribution in [0.15, 0.2) is 30.3 Å². The number of carboxylic acid groups (broad SMARTS) is 1. The van der Waals surface area contributed by atoms with Crippen molar-refractivity contribution in [2.45, 2.75) is 52.4 Å². The summed E-state index contributed by atoms with van der Waals surface area (Å²) in [7, 11) is 0. The van der Waals surface area contributed by atoms with E-state index in [2.05, 4.69) is 20.8 Å². The lowest BCUT2D eigenvalue weighted by Gasteiger charge is -2.43. The van der Waals surface area contributed by atoms with Crippen molar-refractivity contribution in [1.29, 1.82) is 0 Å². The molecule has 1 aromatic carbocycles. The molecule has 6 nitrogen and oxygen atoms in total. The number of hydrogen-bond acceptors (Lipinski definition) is 5. The van der Waals surface area contributed by atoms with Crippen LogP contribution in [0.2, 0.25) is 0 Å². The third kappa shape index (κ3) is 6.33. The number of rotatable bonds is 9. The van der Waals surface area contributed by atoms with Crippen LogP contribution < -0.4 is 0 Å². The van der Waals surface area contributed by atoms with Crippen LogP contribution in [-0.2, 0) is 19.0 Å². The van der Waals surface area contributed by atoms with E-state index in [1.807, 2.05) is 6.07 Å². The Balaban J connectivity index is 1.84. The minimum Gasteiger partial charge on any atom is -0.481 e. The van der Waals surface area contributed by atoms with E-state index >= 15 is 0 Å². The SMILES string of the molecule is CC1[C@@H](OCCCCC(=O)O)OC(COC(=O)c2ccccc2)[C@@H](C)[C@@H]1C. The number of carbonyl (C=O) groups excluding carboxylic acids is 1. The van der Waals surface area contributed by atoms with Gasteiger partial charge in [-0.25, -0.2) is 4.79 Å².